The van der Waals surface area contributed by atoms with Crippen LogP contribution in [0.15, 0.2) is 20.7 Å². The van der Waals surface area contributed by atoms with E-state index in [9.17, 15) is 22.8 Å². The Bertz CT molecular complexity index is 937. The third-order valence-corrected chi connectivity index (χ3v) is 7.05. The molecule has 0 N–H and O–H groups in total. The average Bonchev–Trinajstić information content (AvgIpc) is 2.69. The molecule has 0 aromatic carbocycles. The van der Waals surface area contributed by atoms with Gasteiger partial charge in [-0.2, -0.15) is 4.31 Å². The minimum atomic E-state index is -4.04. The Balaban J connectivity index is 1.75. The maximum absolute atomic E-state index is 12.9. The van der Waals surface area contributed by atoms with Crippen LogP contribution in [0.1, 0.15) is 19.3 Å². The van der Waals surface area contributed by atoms with Crippen LogP contribution < -0.4 is 11.2 Å². The highest BCUT2D eigenvalue weighted by Gasteiger charge is 2.34. The molecule has 0 spiro atoms. The first-order valence-corrected chi connectivity index (χ1v) is 10.5. The van der Waals surface area contributed by atoms with Gasteiger partial charge in [-0.3, -0.25) is 9.36 Å². The minimum Gasteiger partial charge on any atom is -0.325 e. The number of likely N-dealkylation sites (tertiary alicyclic amines) is 1. The van der Waals surface area contributed by atoms with E-state index in [1.165, 1.54) is 18.4 Å². The van der Waals surface area contributed by atoms with Crippen molar-refractivity contribution in [2.45, 2.75) is 24.2 Å². The van der Waals surface area contributed by atoms with Crippen LogP contribution in [0.4, 0.5) is 4.79 Å². The molecular weight excluding hydrogens is 374 g/mol. The van der Waals surface area contributed by atoms with Gasteiger partial charge in [0, 0.05) is 59.6 Å². The Hall–Kier alpha value is -2.14. The smallest absolute Gasteiger partial charge is 0.325 e. The summed E-state index contributed by atoms with van der Waals surface area (Å²) in [6, 6.07) is -0.0511. The lowest BCUT2D eigenvalue weighted by Crippen LogP contribution is -2.55. The second kappa shape index (κ2) is 7.47. The first-order valence-electron chi connectivity index (χ1n) is 9.04. The van der Waals surface area contributed by atoms with Crippen molar-refractivity contribution < 1.29 is 13.2 Å². The average molecular weight is 399 g/mol. The van der Waals surface area contributed by atoms with E-state index < -0.39 is 26.2 Å². The van der Waals surface area contributed by atoms with Gasteiger partial charge in [0.05, 0.1) is 0 Å². The van der Waals surface area contributed by atoms with E-state index in [0.717, 1.165) is 47.7 Å². The van der Waals surface area contributed by atoms with Crippen molar-refractivity contribution in [1.82, 2.24) is 23.2 Å². The zero-order valence-electron chi connectivity index (χ0n) is 15.6. The Kier molecular flexibility index (Phi) is 5.43. The first-order chi connectivity index (χ1) is 12.7. The third-order valence-electron chi connectivity index (χ3n) is 5.17. The molecule has 1 aromatic rings. The summed E-state index contributed by atoms with van der Waals surface area (Å²) in [5, 5.41) is 0. The predicted octanol–water partition coefficient (Wildman–Crippen LogP) is -1.00. The van der Waals surface area contributed by atoms with Crippen LogP contribution in [0.25, 0.3) is 0 Å². The number of amides is 2. The lowest BCUT2D eigenvalue weighted by atomic mass is 10.1. The molecule has 2 aliphatic heterocycles. The van der Waals surface area contributed by atoms with E-state index in [-0.39, 0.29) is 32.2 Å². The predicted molar refractivity (Wildman–Crippen MR) is 98.1 cm³/mol. The number of carbonyl (C=O) groups is 1. The van der Waals surface area contributed by atoms with Crippen molar-refractivity contribution in [3.05, 3.63) is 27.0 Å². The molecule has 150 valence electrons. The van der Waals surface area contributed by atoms with Gasteiger partial charge in [0.25, 0.3) is 5.56 Å². The fourth-order valence-corrected chi connectivity index (χ4v) is 5.07. The normalized spacial score (nSPS) is 19.3. The summed E-state index contributed by atoms with van der Waals surface area (Å²) >= 11 is 0. The van der Waals surface area contributed by atoms with Gasteiger partial charge in [0.15, 0.2) is 4.90 Å². The Morgan fingerprint density at radius 1 is 0.889 bits per heavy atom. The molecular formula is C16H25N5O5S. The number of piperidine rings is 1. The van der Waals surface area contributed by atoms with E-state index >= 15 is 0 Å². The number of aromatic nitrogens is 2. The number of piperazine rings is 1. The molecule has 0 atom stereocenters. The van der Waals surface area contributed by atoms with Gasteiger partial charge in [-0.05, 0) is 19.3 Å². The van der Waals surface area contributed by atoms with Gasteiger partial charge in [0.1, 0.15) is 0 Å². The molecule has 2 fully saturated rings. The number of rotatable bonds is 2. The lowest BCUT2D eigenvalue weighted by Gasteiger charge is -2.38. The number of nitrogens with zero attached hydrogens (tertiary/aromatic N) is 5. The fraction of sp³-hybridized carbons (Fsp3) is 0.688. The number of carbonyl (C=O) groups excluding carboxylic acids is 1. The Labute approximate surface area is 157 Å². The molecule has 3 rings (SSSR count). The number of sulfonamides is 1. The lowest BCUT2D eigenvalue weighted by molar-refractivity contribution is 0.126. The summed E-state index contributed by atoms with van der Waals surface area (Å²) in [6.07, 6.45) is 4.18. The third kappa shape index (κ3) is 3.65. The van der Waals surface area contributed by atoms with Crippen molar-refractivity contribution >= 4 is 16.1 Å². The highest BCUT2D eigenvalue weighted by molar-refractivity contribution is 7.89. The summed E-state index contributed by atoms with van der Waals surface area (Å²) in [4.78, 5) is 39.7. The van der Waals surface area contributed by atoms with E-state index in [4.69, 9.17) is 0 Å². The molecule has 2 amide bonds. The monoisotopic (exact) mass is 399 g/mol. The van der Waals surface area contributed by atoms with E-state index in [0.29, 0.717) is 0 Å². The van der Waals surface area contributed by atoms with Crippen LogP contribution in [0.3, 0.4) is 0 Å². The van der Waals surface area contributed by atoms with Crippen LogP contribution in [-0.4, -0.2) is 77.0 Å². The van der Waals surface area contributed by atoms with Crippen LogP contribution in [0.5, 0.6) is 0 Å². The number of hydrogen-bond donors (Lipinski definition) is 0. The van der Waals surface area contributed by atoms with Crippen LogP contribution in [0.2, 0.25) is 0 Å². The fourth-order valence-electron chi connectivity index (χ4n) is 3.50. The zero-order chi connectivity index (χ0) is 19.8. The molecule has 0 radical (unpaired) electrons. The molecule has 2 aliphatic rings. The van der Waals surface area contributed by atoms with Gasteiger partial charge in [0.2, 0.25) is 10.0 Å². The molecule has 10 nitrogen and oxygen atoms in total. The van der Waals surface area contributed by atoms with E-state index in [1.807, 2.05) is 4.90 Å². The van der Waals surface area contributed by atoms with Crippen molar-refractivity contribution in [2.24, 2.45) is 14.1 Å². The summed E-state index contributed by atoms with van der Waals surface area (Å²) in [5.41, 5.74) is -1.43. The van der Waals surface area contributed by atoms with Crippen molar-refractivity contribution in [2.75, 3.05) is 39.3 Å². The zero-order valence-corrected chi connectivity index (χ0v) is 16.4. The summed E-state index contributed by atoms with van der Waals surface area (Å²) in [6.45, 7) is 2.28. The van der Waals surface area contributed by atoms with Crippen molar-refractivity contribution in [3.8, 4) is 0 Å². The molecule has 0 aliphatic carbocycles. The quantitative estimate of drug-likeness (QED) is 0.634. The summed E-state index contributed by atoms with van der Waals surface area (Å²) in [5.74, 6) is 0. The second-order valence-electron chi connectivity index (χ2n) is 6.97. The maximum Gasteiger partial charge on any atom is 0.330 e. The molecule has 11 heteroatoms. The highest BCUT2D eigenvalue weighted by atomic mass is 32.2. The standard InChI is InChI=1S/C16H25N5O5S/c1-17-12-13(14(22)18(2)15(17)23)27(25,26)21-10-8-20(9-11-21)16(24)19-6-4-3-5-7-19/h12H,3-11H2,1-2H3. The SMILES string of the molecule is Cn1cc(S(=O)(=O)N2CCN(C(=O)N3CCCCC3)CC2)c(=O)n(C)c1=O. The second-order valence-corrected chi connectivity index (χ2v) is 8.88. The molecule has 0 unspecified atom stereocenters. The molecule has 27 heavy (non-hydrogen) atoms. The van der Waals surface area contributed by atoms with Gasteiger partial charge in [-0.15, -0.1) is 0 Å². The summed E-state index contributed by atoms with van der Waals surface area (Å²) < 4.78 is 28.8. The van der Waals surface area contributed by atoms with Crippen LogP contribution >= 0.6 is 0 Å². The number of urea groups is 1. The van der Waals surface area contributed by atoms with Gasteiger partial charge >= 0.3 is 11.7 Å². The van der Waals surface area contributed by atoms with Crippen molar-refractivity contribution in [1.29, 1.82) is 0 Å². The Morgan fingerprint density at radius 3 is 2.04 bits per heavy atom. The van der Waals surface area contributed by atoms with Gasteiger partial charge < -0.3 is 14.4 Å². The van der Waals surface area contributed by atoms with Gasteiger partial charge in [-0.25, -0.2) is 18.0 Å². The van der Waals surface area contributed by atoms with E-state index in [2.05, 4.69) is 0 Å². The van der Waals surface area contributed by atoms with Gasteiger partial charge in [-0.1, -0.05) is 0 Å². The number of hydrogen-bond acceptors (Lipinski definition) is 5. The minimum absolute atomic E-state index is 0.0511. The molecule has 3 heterocycles. The Morgan fingerprint density at radius 2 is 1.44 bits per heavy atom. The molecule has 2 saturated heterocycles. The van der Waals surface area contributed by atoms with Crippen LogP contribution in [-0.2, 0) is 24.1 Å². The van der Waals surface area contributed by atoms with Crippen LogP contribution in [0, 0.1) is 0 Å². The maximum atomic E-state index is 12.9. The van der Waals surface area contributed by atoms with E-state index in [1.54, 1.807) is 4.90 Å². The first kappa shape index (κ1) is 19.6. The molecule has 0 bridgehead atoms. The topological polar surface area (TPSA) is 105 Å². The number of aryl methyl sites for hydroxylation is 1. The largest absolute Gasteiger partial charge is 0.330 e. The molecule has 1 aromatic heterocycles. The summed E-state index contributed by atoms with van der Waals surface area (Å²) in [7, 11) is -1.39. The highest BCUT2D eigenvalue weighted by Crippen LogP contribution is 2.16. The van der Waals surface area contributed by atoms with Crippen molar-refractivity contribution in [3.63, 3.8) is 0 Å². The molecule has 0 saturated carbocycles.